The van der Waals surface area contributed by atoms with Gasteiger partial charge < -0.3 is 10.2 Å². The molecule has 1 spiro atoms. The summed E-state index contributed by atoms with van der Waals surface area (Å²) in [4.78, 5) is 29.0. The summed E-state index contributed by atoms with van der Waals surface area (Å²) in [6.45, 7) is 0.601. The Morgan fingerprint density at radius 3 is 2.47 bits per heavy atom. The number of anilines is 2. The molecular formula is C27H22Br2N2O2S. The van der Waals surface area contributed by atoms with Gasteiger partial charge in [0, 0.05) is 44.8 Å². The summed E-state index contributed by atoms with van der Waals surface area (Å²) in [5.74, 6) is 1.26. The molecule has 1 N–H and O–H groups in total. The highest BCUT2D eigenvalue weighted by Gasteiger charge is 2.61. The maximum Gasteiger partial charge on any atom is 0.245 e. The Balaban J connectivity index is 1.52. The fraction of sp³-hybridized carbons (Fsp3) is 0.259. The van der Waals surface area contributed by atoms with Gasteiger partial charge in [-0.05, 0) is 59.6 Å². The van der Waals surface area contributed by atoms with Crippen molar-refractivity contribution in [2.75, 3.05) is 22.5 Å². The summed E-state index contributed by atoms with van der Waals surface area (Å²) in [6.07, 6.45) is 0.500. The van der Waals surface area contributed by atoms with Gasteiger partial charge >= 0.3 is 0 Å². The van der Waals surface area contributed by atoms with Crippen LogP contribution in [0.4, 0.5) is 11.4 Å². The number of thioether (sulfide) groups is 1. The SMILES string of the molecule is O=C1C[C@@H]2CS[C@]3(C(=O)Nc4cccc(Br)c43)[C@H](c3ccc(Br)cc3)[C@H]2CN1c1ccccc1. The van der Waals surface area contributed by atoms with Crippen molar-refractivity contribution in [1.82, 2.24) is 0 Å². The zero-order valence-electron chi connectivity index (χ0n) is 18.2. The number of benzene rings is 3. The molecule has 172 valence electrons. The van der Waals surface area contributed by atoms with Crippen LogP contribution in [0, 0.1) is 11.8 Å². The number of fused-ring (bicyclic) bond motifs is 3. The lowest BCUT2D eigenvalue weighted by atomic mass is 9.66. The van der Waals surface area contributed by atoms with Crippen LogP contribution in [0.3, 0.4) is 0 Å². The van der Waals surface area contributed by atoms with Crippen LogP contribution in [-0.4, -0.2) is 24.1 Å². The first-order valence-electron chi connectivity index (χ1n) is 11.3. The maximum atomic E-state index is 13.9. The highest BCUT2D eigenvalue weighted by atomic mass is 79.9. The van der Waals surface area contributed by atoms with Crippen molar-refractivity contribution in [2.24, 2.45) is 11.8 Å². The molecule has 0 aliphatic carbocycles. The molecule has 7 heteroatoms. The van der Waals surface area contributed by atoms with Gasteiger partial charge in [0.2, 0.25) is 11.8 Å². The highest BCUT2D eigenvalue weighted by molar-refractivity contribution is 9.10. The van der Waals surface area contributed by atoms with Gasteiger partial charge in [-0.1, -0.05) is 68.3 Å². The number of hydrogen-bond acceptors (Lipinski definition) is 3. The third-order valence-electron chi connectivity index (χ3n) is 7.40. The van der Waals surface area contributed by atoms with Crippen LogP contribution in [0.5, 0.6) is 0 Å². The van der Waals surface area contributed by atoms with Crippen LogP contribution < -0.4 is 10.2 Å². The molecule has 3 aliphatic rings. The third kappa shape index (κ3) is 3.39. The van der Waals surface area contributed by atoms with Crippen molar-refractivity contribution in [2.45, 2.75) is 17.1 Å². The van der Waals surface area contributed by atoms with Crippen molar-refractivity contribution in [3.63, 3.8) is 0 Å². The Kier molecular flexibility index (Phi) is 5.62. The number of carbonyl (C=O) groups is 2. The monoisotopic (exact) mass is 596 g/mol. The average Bonchev–Trinajstić information content (AvgIpc) is 3.12. The van der Waals surface area contributed by atoms with Gasteiger partial charge in [0.1, 0.15) is 4.75 Å². The van der Waals surface area contributed by atoms with Crippen LogP contribution >= 0.6 is 43.6 Å². The van der Waals surface area contributed by atoms with Crippen molar-refractivity contribution in [1.29, 1.82) is 0 Å². The summed E-state index contributed by atoms with van der Waals surface area (Å²) in [7, 11) is 0. The minimum Gasteiger partial charge on any atom is -0.324 e. The molecule has 0 radical (unpaired) electrons. The molecule has 4 nitrogen and oxygen atoms in total. The van der Waals surface area contributed by atoms with E-state index in [1.165, 1.54) is 0 Å². The van der Waals surface area contributed by atoms with Crippen LogP contribution in [-0.2, 0) is 14.3 Å². The number of para-hydroxylation sites is 1. The molecular weight excluding hydrogens is 576 g/mol. The molecule has 3 heterocycles. The quantitative estimate of drug-likeness (QED) is 0.364. The Hall–Kier alpha value is -2.09. The number of amides is 2. The summed E-state index contributed by atoms with van der Waals surface area (Å²) in [6, 6.07) is 24.2. The molecule has 0 aromatic heterocycles. The van der Waals surface area contributed by atoms with E-state index in [2.05, 4.69) is 49.3 Å². The summed E-state index contributed by atoms with van der Waals surface area (Å²) in [5, 5.41) is 3.18. The summed E-state index contributed by atoms with van der Waals surface area (Å²) < 4.78 is 1.20. The van der Waals surface area contributed by atoms with Gasteiger partial charge in [0.15, 0.2) is 0 Å². The molecule has 2 saturated heterocycles. The fourth-order valence-corrected chi connectivity index (χ4v) is 8.87. The Bertz CT molecular complexity index is 1280. The lowest BCUT2D eigenvalue weighted by Gasteiger charge is -2.52. The molecule has 4 atom stereocenters. The molecule has 3 aromatic rings. The second-order valence-electron chi connectivity index (χ2n) is 9.16. The smallest absolute Gasteiger partial charge is 0.245 e. The summed E-state index contributed by atoms with van der Waals surface area (Å²) >= 11 is 9.04. The second-order valence-corrected chi connectivity index (χ2v) is 12.2. The van der Waals surface area contributed by atoms with Crippen LogP contribution in [0.2, 0.25) is 0 Å². The van der Waals surface area contributed by atoms with E-state index in [1.807, 2.05) is 65.6 Å². The van der Waals surface area contributed by atoms with Crippen molar-refractivity contribution in [3.8, 4) is 0 Å². The van der Waals surface area contributed by atoms with Crippen LogP contribution in [0.1, 0.15) is 23.5 Å². The van der Waals surface area contributed by atoms with E-state index in [0.717, 1.165) is 37.2 Å². The highest BCUT2D eigenvalue weighted by Crippen LogP contribution is 2.64. The van der Waals surface area contributed by atoms with Gasteiger partial charge in [-0.25, -0.2) is 0 Å². The first-order valence-corrected chi connectivity index (χ1v) is 13.9. The average molecular weight is 598 g/mol. The second kappa shape index (κ2) is 8.54. The normalized spacial score (nSPS) is 27.9. The van der Waals surface area contributed by atoms with Crippen LogP contribution in [0.25, 0.3) is 0 Å². The minimum atomic E-state index is -0.757. The fourth-order valence-electron chi connectivity index (χ4n) is 5.92. The molecule has 0 unspecified atom stereocenters. The van der Waals surface area contributed by atoms with Gasteiger partial charge in [-0.3, -0.25) is 9.59 Å². The molecule has 2 amide bonds. The number of nitrogens with zero attached hydrogens (tertiary/aromatic N) is 1. The standard InChI is InChI=1S/C27H22Br2N2O2S/c28-18-11-9-16(10-12-18)24-20-14-31(19-5-2-1-3-6-19)23(32)13-17(20)15-34-27(24)25-21(29)7-4-8-22(25)30-26(27)33/h1-12,17,20,24H,13-15H2,(H,30,33)/t17-,20+,24-,27-/m1/s1. The van der Waals surface area contributed by atoms with E-state index < -0.39 is 4.75 Å². The lowest BCUT2D eigenvalue weighted by molar-refractivity contribution is -0.122. The number of piperidine rings is 1. The van der Waals surface area contributed by atoms with Gasteiger partial charge in [-0.15, -0.1) is 11.8 Å². The number of halogens is 2. The van der Waals surface area contributed by atoms with E-state index in [1.54, 1.807) is 11.8 Å². The lowest BCUT2D eigenvalue weighted by Crippen LogP contribution is -2.55. The number of nitrogens with one attached hydrogen (secondary N) is 1. The molecule has 34 heavy (non-hydrogen) atoms. The summed E-state index contributed by atoms with van der Waals surface area (Å²) in [5.41, 5.74) is 3.95. The molecule has 2 fully saturated rings. The third-order valence-corrected chi connectivity index (χ3v) is 10.3. The zero-order valence-corrected chi connectivity index (χ0v) is 22.2. The number of rotatable bonds is 2. The first-order chi connectivity index (χ1) is 16.5. The van der Waals surface area contributed by atoms with Crippen molar-refractivity contribution < 1.29 is 9.59 Å². The topological polar surface area (TPSA) is 49.4 Å². The molecule has 3 aromatic carbocycles. The Morgan fingerprint density at radius 1 is 0.941 bits per heavy atom. The predicted molar refractivity (Wildman–Crippen MR) is 144 cm³/mol. The molecule has 0 bridgehead atoms. The van der Waals surface area contributed by atoms with E-state index in [9.17, 15) is 9.59 Å². The maximum absolute atomic E-state index is 13.9. The number of hydrogen-bond donors (Lipinski definition) is 1. The minimum absolute atomic E-state index is 0.0360. The van der Waals surface area contributed by atoms with E-state index in [4.69, 9.17) is 0 Å². The van der Waals surface area contributed by atoms with Gasteiger partial charge in [0.25, 0.3) is 0 Å². The van der Waals surface area contributed by atoms with Crippen molar-refractivity contribution >= 4 is 66.8 Å². The van der Waals surface area contributed by atoms with Crippen molar-refractivity contribution in [3.05, 3.63) is 92.9 Å². The number of carbonyl (C=O) groups excluding carboxylic acids is 2. The molecule has 6 rings (SSSR count). The van der Waals surface area contributed by atoms with Crippen LogP contribution in [0.15, 0.2) is 81.7 Å². The molecule has 0 saturated carbocycles. The Morgan fingerprint density at radius 2 is 1.71 bits per heavy atom. The van der Waals surface area contributed by atoms with E-state index in [0.29, 0.717) is 13.0 Å². The van der Waals surface area contributed by atoms with Gasteiger partial charge in [0.05, 0.1) is 0 Å². The van der Waals surface area contributed by atoms with E-state index in [-0.39, 0.29) is 29.6 Å². The zero-order chi connectivity index (χ0) is 23.4. The predicted octanol–water partition coefficient (Wildman–Crippen LogP) is 6.56. The van der Waals surface area contributed by atoms with E-state index >= 15 is 0 Å². The largest absolute Gasteiger partial charge is 0.324 e. The Labute approximate surface area is 219 Å². The first kappa shape index (κ1) is 22.4. The van der Waals surface area contributed by atoms with Gasteiger partial charge in [-0.2, -0.15) is 0 Å². The molecule has 3 aliphatic heterocycles.